The summed E-state index contributed by atoms with van der Waals surface area (Å²) in [5.74, 6) is 0.727. The van der Waals surface area contributed by atoms with Gasteiger partial charge in [0.25, 0.3) is 10.0 Å². The molecule has 1 N–H and O–H groups in total. The molecule has 0 saturated carbocycles. The Morgan fingerprint density at radius 3 is 2.27 bits per heavy atom. The molecule has 6 heteroatoms. The van der Waals surface area contributed by atoms with Crippen LogP contribution in [0.2, 0.25) is 0 Å². The van der Waals surface area contributed by atoms with Gasteiger partial charge in [0.05, 0.1) is 11.1 Å². The molecule has 150 valence electrons. The van der Waals surface area contributed by atoms with Crippen LogP contribution in [0.5, 0.6) is 5.75 Å². The first kappa shape index (κ1) is 19.7. The fourth-order valence-electron chi connectivity index (χ4n) is 2.97. The molecule has 0 fully saturated rings. The fourth-order valence-corrected chi connectivity index (χ4v) is 3.78. The lowest BCUT2D eigenvalue weighted by molar-refractivity contribution is 0.306. The first-order valence-corrected chi connectivity index (χ1v) is 10.9. The summed E-state index contributed by atoms with van der Waals surface area (Å²) in [6.07, 6.45) is 1.45. The Hall–Kier alpha value is -3.64. The second-order valence-electron chi connectivity index (χ2n) is 6.71. The number of sulfonamides is 1. The molecule has 30 heavy (non-hydrogen) atoms. The Kier molecular flexibility index (Phi) is 5.77. The van der Waals surface area contributed by atoms with Crippen LogP contribution in [-0.2, 0) is 16.6 Å². The van der Waals surface area contributed by atoms with Gasteiger partial charge in [0, 0.05) is 0 Å². The van der Waals surface area contributed by atoms with Crippen molar-refractivity contribution in [3.05, 3.63) is 108 Å². The van der Waals surface area contributed by atoms with Crippen molar-refractivity contribution >= 4 is 27.0 Å². The smallest absolute Gasteiger partial charge is 0.276 e. The third-order valence-electron chi connectivity index (χ3n) is 4.54. The number of rotatable bonds is 7. The highest BCUT2D eigenvalue weighted by Gasteiger charge is 2.10. The molecule has 0 saturated heterocycles. The molecular formula is C24H20N2O3S. The van der Waals surface area contributed by atoms with E-state index in [1.807, 2.05) is 36.4 Å². The summed E-state index contributed by atoms with van der Waals surface area (Å²) in [6.45, 7) is 0.467. The minimum Gasteiger partial charge on any atom is -0.489 e. The average molecular weight is 417 g/mol. The number of nitrogens with zero attached hydrogens (tertiary/aromatic N) is 1. The third-order valence-corrected chi connectivity index (χ3v) is 5.78. The average Bonchev–Trinajstić information content (AvgIpc) is 2.79. The van der Waals surface area contributed by atoms with Crippen molar-refractivity contribution in [1.29, 1.82) is 0 Å². The minimum absolute atomic E-state index is 0.166. The first-order valence-electron chi connectivity index (χ1n) is 9.41. The van der Waals surface area contributed by atoms with E-state index in [2.05, 4.69) is 40.3 Å². The second kappa shape index (κ2) is 8.80. The van der Waals surface area contributed by atoms with Gasteiger partial charge in [0.1, 0.15) is 12.4 Å². The summed E-state index contributed by atoms with van der Waals surface area (Å²) in [5.41, 5.74) is 1.85. The lowest BCUT2D eigenvalue weighted by Gasteiger charge is -2.08. The zero-order valence-electron chi connectivity index (χ0n) is 16.1. The van der Waals surface area contributed by atoms with E-state index in [-0.39, 0.29) is 4.90 Å². The van der Waals surface area contributed by atoms with Crippen molar-refractivity contribution in [3.63, 3.8) is 0 Å². The number of hydrogen-bond donors (Lipinski definition) is 1. The van der Waals surface area contributed by atoms with Gasteiger partial charge in [-0.2, -0.15) is 13.5 Å². The van der Waals surface area contributed by atoms with E-state index in [1.165, 1.54) is 29.1 Å². The Morgan fingerprint density at radius 1 is 0.800 bits per heavy atom. The van der Waals surface area contributed by atoms with E-state index in [0.717, 1.165) is 16.9 Å². The third kappa shape index (κ3) is 4.85. The van der Waals surface area contributed by atoms with Gasteiger partial charge in [-0.05, 0) is 64.4 Å². The molecule has 4 rings (SSSR count). The van der Waals surface area contributed by atoms with Gasteiger partial charge in [-0.3, -0.25) is 0 Å². The maximum Gasteiger partial charge on any atom is 0.276 e. The van der Waals surface area contributed by atoms with Gasteiger partial charge < -0.3 is 4.74 Å². The van der Waals surface area contributed by atoms with Crippen LogP contribution < -0.4 is 9.57 Å². The molecule has 0 radical (unpaired) electrons. The van der Waals surface area contributed by atoms with Gasteiger partial charge in [-0.15, -0.1) is 0 Å². The quantitative estimate of drug-likeness (QED) is 0.350. The second-order valence-corrected chi connectivity index (χ2v) is 8.37. The van der Waals surface area contributed by atoms with Crippen LogP contribution >= 0.6 is 0 Å². The van der Waals surface area contributed by atoms with Crippen molar-refractivity contribution < 1.29 is 13.2 Å². The lowest BCUT2D eigenvalue weighted by Crippen LogP contribution is -2.18. The van der Waals surface area contributed by atoms with Crippen LogP contribution in [0.3, 0.4) is 0 Å². The number of fused-ring (bicyclic) bond motifs is 1. The van der Waals surface area contributed by atoms with Crippen LogP contribution in [-0.4, -0.2) is 14.6 Å². The summed E-state index contributed by atoms with van der Waals surface area (Å²) in [6, 6.07) is 29.9. The number of benzene rings is 4. The van der Waals surface area contributed by atoms with Crippen molar-refractivity contribution in [1.82, 2.24) is 4.83 Å². The van der Waals surface area contributed by atoms with E-state index in [0.29, 0.717) is 6.61 Å². The van der Waals surface area contributed by atoms with E-state index in [4.69, 9.17) is 4.74 Å². The Labute approximate surface area is 175 Å². The molecular weight excluding hydrogens is 396 g/mol. The molecule has 0 heterocycles. The van der Waals surface area contributed by atoms with Gasteiger partial charge in [0.15, 0.2) is 0 Å². The Morgan fingerprint density at radius 2 is 1.50 bits per heavy atom. The van der Waals surface area contributed by atoms with Crippen molar-refractivity contribution in [2.24, 2.45) is 5.10 Å². The van der Waals surface area contributed by atoms with Crippen molar-refractivity contribution in [2.45, 2.75) is 11.5 Å². The van der Waals surface area contributed by atoms with Crippen LogP contribution in [0, 0.1) is 0 Å². The SMILES string of the molecule is O=S(=O)(N/N=C\c1ccc(OCc2ccc3ccccc3c2)cc1)c1ccccc1. The molecule has 4 aromatic rings. The highest BCUT2D eigenvalue weighted by molar-refractivity contribution is 7.89. The van der Waals surface area contributed by atoms with Crippen molar-refractivity contribution in [2.75, 3.05) is 0 Å². The van der Waals surface area contributed by atoms with Crippen LogP contribution in [0.15, 0.2) is 107 Å². The topological polar surface area (TPSA) is 67.8 Å². The standard InChI is InChI=1S/C24H20N2O3S/c27-30(28,24-8-2-1-3-9-24)26-25-17-19-11-14-23(15-12-19)29-18-20-10-13-21-6-4-5-7-22(21)16-20/h1-17,26H,18H2/b25-17-. The van der Waals surface area contributed by atoms with E-state index in [9.17, 15) is 8.42 Å². The van der Waals surface area contributed by atoms with Crippen molar-refractivity contribution in [3.8, 4) is 5.75 Å². The van der Waals surface area contributed by atoms with Gasteiger partial charge in [-0.1, -0.05) is 54.6 Å². The normalized spacial score (nSPS) is 11.6. The molecule has 0 bridgehead atoms. The monoisotopic (exact) mass is 416 g/mol. The van der Waals surface area contributed by atoms with Gasteiger partial charge in [-0.25, -0.2) is 4.83 Å². The maximum absolute atomic E-state index is 12.1. The molecule has 0 atom stereocenters. The summed E-state index contributed by atoms with van der Waals surface area (Å²) in [5, 5.41) is 6.22. The number of ether oxygens (including phenoxy) is 1. The zero-order valence-corrected chi connectivity index (χ0v) is 16.9. The molecule has 4 aromatic carbocycles. The first-order chi connectivity index (χ1) is 14.6. The minimum atomic E-state index is -3.67. The number of nitrogens with one attached hydrogen (secondary N) is 1. The number of hydrazone groups is 1. The van der Waals surface area contributed by atoms with E-state index in [1.54, 1.807) is 18.2 Å². The molecule has 0 spiro atoms. The summed E-state index contributed by atoms with van der Waals surface area (Å²) >= 11 is 0. The molecule has 0 amide bonds. The molecule has 0 aliphatic rings. The molecule has 5 nitrogen and oxygen atoms in total. The number of hydrogen-bond acceptors (Lipinski definition) is 4. The summed E-state index contributed by atoms with van der Waals surface area (Å²) < 4.78 is 30.1. The van der Waals surface area contributed by atoms with Crippen LogP contribution in [0.1, 0.15) is 11.1 Å². The van der Waals surface area contributed by atoms with Gasteiger partial charge >= 0.3 is 0 Å². The largest absolute Gasteiger partial charge is 0.489 e. The predicted octanol–water partition coefficient (Wildman–Crippen LogP) is 4.73. The summed E-state index contributed by atoms with van der Waals surface area (Å²) in [4.78, 5) is 2.38. The summed E-state index contributed by atoms with van der Waals surface area (Å²) in [7, 11) is -3.67. The highest BCUT2D eigenvalue weighted by atomic mass is 32.2. The molecule has 0 aromatic heterocycles. The predicted molar refractivity (Wildman–Crippen MR) is 119 cm³/mol. The Balaban J connectivity index is 1.35. The lowest BCUT2D eigenvalue weighted by atomic mass is 10.1. The van der Waals surface area contributed by atoms with Crippen LogP contribution in [0.25, 0.3) is 10.8 Å². The van der Waals surface area contributed by atoms with Crippen LogP contribution in [0.4, 0.5) is 0 Å². The van der Waals surface area contributed by atoms with Gasteiger partial charge in [0.2, 0.25) is 0 Å². The molecule has 0 aliphatic heterocycles. The zero-order chi connectivity index (χ0) is 20.8. The van der Waals surface area contributed by atoms with E-state index >= 15 is 0 Å². The fraction of sp³-hybridized carbons (Fsp3) is 0.0417. The highest BCUT2D eigenvalue weighted by Crippen LogP contribution is 2.18. The molecule has 0 unspecified atom stereocenters. The Bertz CT molecular complexity index is 1270. The molecule has 0 aliphatic carbocycles. The maximum atomic E-state index is 12.1. The van der Waals surface area contributed by atoms with E-state index < -0.39 is 10.0 Å².